The van der Waals surface area contributed by atoms with Crippen LogP contribution in [0.1, 0.15) is 22.7 Å². The number of ether oxygens (including phenoxy) is 1. The van der Waals surface area contributed by atoms with Crippen molar-refractivity contribution >= 4 is 0 Å². The zero-order chi connectivity index (χ0) is 19.3. The summed E-state index contributed by atoms with van der Waals surface area (Å²) in [4.78, 5) is 11.4. The van der Waals surface area contributed by atoms with E-state index < -0.39 is 0 Å². The molecular formula is C23H24FN3O. The lowest BCUT2D eigenvalue weighted by Crippen LogP contribution is -2.40. The second-order valence-electron chi connectivity index (χ2n) is 7.12. The molecule has 1 saturated heterocycles. The van der Waals surface area contributed by atoms with Crippen LogP contribution in [0.15, 0.2) is 61.1 Å². The first-order valence-corrected chi connectivity index (χ1v) is 9.64. The third-order valence-electron chi connectivity index (χ3n) is 5.30. The minimum atomic E-state index is -0.222. The summed E-state index contributed by atoms with van der Waals surface area (Å²) in [6, 6.07) is 13.3. The van der Waals surface area contributed by atoms with E-state index in [-0.39, 0.29) is 11.9 Å². The Kier molecular flexibility index (Phi) is 5.74. The van der Waals surface area contributed by atoms with E-state index in [1.54, 1.807) is 18.5 Å². The maximum absolute atomic E-state index is 13.6. The maximum atomic E-state index is 13.6. The van der Waals surface area contributed by atoms with Crippen LogP contribution in [0, 0.1) is 12.7 Å². The van der Waals surface area contributed by atoms with Gasteiger partial charge in [0.05, 0.1) is 18.9 Å². The Morgan fingerprint density at radius 2 is 1.93 bits per heavy atom. The summed E-state index contributed by atoms with van der Waals surface area (Å²) >= 11 is 0. The van der Waals surface area contributed by atoms with E-state index in [1.165, 1.54) is 11.6 Å². The molecule has 4 nitrogen and oxygen atoms in total. The number of hydrogen-bond acceptors (Lipinski definition) is 4. The Morgan fingerprint density at radius 3 is 2.68 bits per heavy atom. The summed E-state index contributed by atoms with van der Waals surface area (Å²) in [7, 11) is 0. The molecule has 1 atom stereocenters. The lowest BCUT2D eigenvalue weighted by molar-refractivity contribution is 0.0160. The van der Waals surface area contributed by atoms with Crippen molar-refractivity contribution in [1.82, 2.24) is 14.9 Å². The molecule has 1 aliphatic rings. The fourth-order valence-electron chi connectivity index (χ4n) is 3.87. The molecule has 0 N–H and O–H groups in total. The van der Waals surface area contributed by atoms with Crippen molar-refractivity contribution in [3.63, 3.8) is 0 Å². The second-order valence-corrected chi connectivity index (χ2v) is 7.12. The lowest BCUT2D eigenvalue weighted by Gasteiger charge is -2.35. The van der Waals surface area contributed by atoms with Crippen molar-refractivity contribution in [1.29, 1.82) is 0 Å². The number of aryl methyl sites for hydroxylation is 1. The highest BCUT2D eigenvalue weighted by Gasteiger charge is 2.24. The van der Waals surface area contributed by atoms with Gasteiger partial charge in [-0.1, -0.05) is 12.1 Å². The molecule has 1 aromatic carbocycles. The Bertz CT molecular complexity index is 926. The SMILES string of the molecule is Cc1cc(F)ccc1-c1ncccc1CC(c1cccnc1)N1CCOCC1. The Hall–Kier alpha value is -2.63. The third-order valence-corrected chi connectivity index (χ3v) is 5.30. The summed E-state index contributed by atoms with van der Waals surface area (Å²) in [5.41, 5.74) is 5.13. The van der Waals surface area contributed by atoms with Gasteiger partial charge in [-0.3, -0.25) is 14.9 Å². The van der Waals surface area contributed by atoms with Gasteiger partial charge in [0.1, 0.15) is 5.82 Å². The quantitative estimate of drug-likeness (QED) is 0.668. The van der Waals surface area contributed by atoms with Gasteiger partial charge in [-0.15, -0.1) is 0 Å². The van der Waals surface area contributed by atoms with Gasteiger partial charge >= 0.3 is 0 Å². The number of pyridine rings is 2. The van der Waals surface area contributed by atoms with Gasteiger partial charge in [-0.25, -0.2) is 4.39 Å². The number of nitrogens with zero attached hydrogens (tertiary/aromatic N) is 3. The third kappa shape index (κ3) is 4.11. The molecule has 2 aromatic heterocycles. The first-order valence-electron chi connectivity index (χ1n) is 9.64. The molecule has 0 spiro atoms. The van der Waals surface area contributed by atoms with Gasteiger partial charge < -0.3 is 4.74 Å². The van der Waals surface area contributed by atoms with Crippen molar-refractivity contribution < 1.29 is 9.13 Å². The summed E-state index contributed by atoms with van der Waals surface area (Å²) in [6.45, 7) is 5.20. The molecule has 1 fully saturated rings. The van der Waals surface area contributed by atoms with Crippen LogP contribution in [0.2, 0.25) is 0 Å². The molecule has 3 heterocycles. The number of benzene rings is 1. The zero-order valence-corrected chi connectivity index (χ0v) is 16.0. The highest BCUT2D eigenvalue weighted by molar-refractivity contribution is 5.66. The van der Waals surface area contributed by atoms with Gasteiger partial charge in [0, 0.05) is 43.3 Å². The standard InChI is InChI=1S/C23H24FN3O/c1-17-14-20(24)6-7-21(17)23-18(4-3-9-26-23)15-22(19-5-2-8-25-16-19)27-10-12-28-13-11-27/h2-9,14,16,22H,10-13,15H2,1H3. The molecule has 1 unspecified atom stereocenters. The van der Waals surface area contributed by atoms with E-state index in [1.807, 2.05) is 31.3 Å². The van der Waals surface area contributed by atoms with Crippen LogP contribution >= 0.6 is 0 Å². The van der Waals surface area contributed by atoms with E-state index in [0.29, 0.717) is 0 Å². The summed E-state index contributed by atoms with van der Waals surface area (Å²) in [5.74, 6) is -0.222. The summed E-state index contributed by atoms with van der Waals surface area (Å²) in [5, 5.41) is 0. The second kappa shape index (κ2) is 8.59. The van der Waals surface area contributed by atoms with Crippen LogP contribution in [-0.2, 0) is 11.2 Å². The molecule has 144 valence electrons. The molecule has 0 aliphatic carbocycles. The van der Waals surface area contributed by atoms with Crippen LogP contribution in [0.25, 0.3) is 11.3 Å². The van der Waals surface area contributed by atoms with Crippen molar-refractivity contribution in [2.24, 2.45) is 0 Å². The highest BCUT2D eigenvalue weighted by atomic mass is 19.1. The Labute approximate surface area is 165 Å². The van der Waals surface area contributed by atoms with Gasteiger partial charge in [-0.05, 0) is 60.4 Å². The number of aromatic nitrogens is 2. The normalized spacial score (nSPS) is 16.1. The number of halogens is 1. The van der Waals surface area contributed by atoms with Crippen LogP contribution < -0.4 is 0 Å². The van der Waals surface area contributed by atoms with Crippen molar-refractivity contribution in [2.45, 2.75) is 19.4 Å². The minimum absolute atomic E-state index is 0.196. The smallest absolute Gasteiger partial charge is 0.123 e. The number of hydrogen-bond donors (Lipinski definition) is 0. The largest absolute Gasteiger partial charge is 0.379 e. The highest BCUT2D eigenvalue weighted by Crippen LogP contribution is 2.31. The van der Waals surface area contributed by atoms with E-state index in [0.717, 1.165) is 55.1 Å². The Balaban J connectivity index is 1.71. The predicted octanol–water partition coefficient (Wildman–Crippen LogP) is 4.21. The molecule has 0 amide bonds. The summed E-state index contributed by atoms with van der Waals surface area (Å²) < 4.78 is 19.1. The molecule has 4 rings (SSSR count). The maximum Gasteiger partial charge on any atom is 0.123 e. The van der Waals surface area contributed by atoms with Crippen LogP contribution in [0.5, 0.6) is 0 Å². The Morgan fingerprint density at radius 1 is 1.11 bits per heavy atom. The van der Waals surface area contributed by atoms with Gasteiger partial charge in [-0.2, -0.15) is 0 Å². The molecule has 0 radical (unpaired) electrons. The fraction of sp³-hybridized carbons (Fsp3) is 0.304. The lowest BCUT2D eigenvalue weighted by atomic mass is 9.93. The first kappa shape index (κ1) is 18.7. The monoisotopic (exact) mass is 377 g/mol. The average molecular weight is 377 g/mol. The molecule has 0 saturated carbocycles. The van der Waals surface area contributed by atoms with Gasteiger partial charge in [0.2, 0.25) is 0 Å². The average Bonchev–Trinajstić information content (AvgIpc) is 2.74. The van der Waals surface area contributed by atoms with Crippen LogP contribution in [-0.4, -0.2) is 41.2 Å². The predicted molar refractivity (Wildman–Crippen MR) is 107 cm³/mol. The zero-order valence-electron chi connectivity index (χ0n) is 16.0. The van der Waals surface area contributed by atoms with Crippen molar-refractivity contribution in [3.8, 4) is 11.3 Å². The van der Waals surface area contributed by atoms with E-state index in [2.05, 4.69) is 27.0 Å². The van der Waals surface area contributed by atoms with Gasteiger partial charge in [0.15, 0.2) is 0 Å². The van der Waals surface area contributed by atoms with E-state index in [9.17, 15) is 4.39 Å². The fourth-order valence-corrected chi connectivity index (χ4v) is 3.87. The number of morpholine rings is 1. The first-order chi connectivity index (χ1) is 13.7. The minimum Gasteiger partial charge on any atom is -0.379 e. The molecule has 5 heteroatoms. The summed E-state index contributed by atoms with van der Waals surface area (Å²) in [6.07, 6.45) is 6.36. The van der Waals surface area contributed by atoms with E-state index >= 15 is 0 Å². The topological polar surface area (TPSA) is 38.2 Å². The van der Waals surface area contributed by atoms with Crippen LogP contribution in [0.4, 0.5) is 4.39 Å². The number of rotatable bonds is 5. The van der Waals surface area contributed by atoms with Gasteiger partial charge in [0.25, 0.3) is 0 Å². The van der Waals surface area contributed by atoms with Crippen molar-refractivity contribution in [2.75, 3.05) is 26.3 Å². The van der Waals surface area contributed by atoms with E-state index in [4.69, 9.17) is 4.74 Å². The molecule has 3 aromatic rings. The van der Waals surface area contributed by atoms with Crippen LogP contribution in [0.3, 0.4) is 0 Å². The molecule has 1 aliphatic heterocycles. The molecule has 0 bridgehead atoms. The molecule has 28 heavy (non-hydrogen) atoms. The molecular weight excluding hydrogens is 353 g/mol. The van der Waals surface area contributed by atoms with Crippen molar-refractivity contribution in [3.05, 3.63) is 83.6 Å².